The predicted molar refractivity (Wildman–Crippen MR) is 176 cm³/mol. The first-order valence-electron chi connectivity index (χ1n) is 14.8. The minimum atomic E-state index is -0.533. The van der Waals surface area contributed by atoms with Crippen molar-refractivity contribution in [2.45, 2.75) is 5.41 Å². The quantitative estimate of drug-likeness (QED) is 0.217. The summed E-state index contributed by atoms with van der Waals surface area (Å²) in [5.74, 6) is 1.83. The van der Waals surface area contributed by atoms with Crippen LogP contribution in [0.3, 0.4) is 0 Å². The van der Waals surface area contributed by atoms with E-state index in [9.17, 15) is 0 Å². The molecule has 0 bridgehead atoms. The first kappa shape index (κ1) is 24.0. The molecule has 1 spiro atoms. The van der Waals surface area contributed by atoms with Crippen LogP contribution in [0.5, 0.6) is 11.5 Å². The van der Waals surface area contributed by atoms with Crippen LogP contribution in [0.15, 0.2) is 164 Å². The average Bonchev–Trinajstić information content (AvgIpc) is 3.37. The highest BCUT2D eigenvalue weighted by molar-refractivity contribution is 5.96. The molecule has 202 valence electrons. The lowest BCUT2D eigenvalue weighted by molar-refractivity contribution is 0.442. The van der Waals surface area contributed by atoms with Crippen molar-refractivity contribution in [1.29, 1.82) is 0 Å². The highest BCUT2D eigenvalue weighted by Crippen LogP contribution is 2.63. The van der Waals surface area contributed by atoms with E-state index >= 15 is 0 Å². The van der Waals surface area contributed by atoms with Crippen molar-refractivity contribution in [2.24, 2.45) is 0 Å². The average molecular weight is 550 g/mol. The number of benzene rings is 7. The van der Waals surface area contributed by atoms with Gasteiger partial charge in [-0.05, 0) is 70.1 Å². The van der Waals surface area contributed by atoms with E-state index in [0.717, 1.165) is 39.5 Å². The molecule has 1 aliphatic carbocycles. The van der Waals surface area contributed by atoms with Gasteiger partial charge < -0.3 is 9.64 Å². The van der Waals surface area contributed by atoms with Crippen molar-refractivity contribution in [3.63, 3.8) is 0 Å². The molecular formula is C41H27NO. The molecule has 43 heavy (non-hydrogen) atoms. The summed E-state index contributed by atoms with van der Waals surface area (Å²) in [6.07, 6.45) is 0. The molecule has 0 radical (unpaired) electrons. The topological polar surface area (TPSA) is 12.5 Å². The van der Waals surface area contributed by atoms with Crippen molar-refractivity contribution in [2.75, 3.05) is 4.90 Å². The summed E-state index contributed by atoms with van der Waals surface area (Å²) < 4.78 is 6.94. The molecule has 2 aliphatic rings. The molecule has 2 nitrogen and oxygen atoms in total. The van der Waals surface area contributed by atoms with E-state index in [4.69, 9.17) is 4.74 Å². The number of fused-ring (bicyclic) bond motifs is 11. The monoisotopic (exact) mass is 549 g/mol. The molecule has 0 amide bonds. The Hall–Kier alpha value is -5.60. The van der Waals surface area contributed by atoms with Crippen LogP contribution < -0.4 is 9.64 Å². The Kier molecular flexibility index (Phi) is 5.15. The lowest BCUT2D eigenvalue weighted by Crippen LogP contribution is -2.32. The molecule has 1 heterocycles. The molecular weight excluding hydrogens is 522 g/mol. The zero-order chi connectivity index (χ0) is 28.4. The second-order valence-electron chi connectivity index (χ2n) is 11.3. The normalized spacial score (nSPS) is 13.5. The van der Waals surface area contributed by atoms with E-state index in [0.29, 0.717) is 0 Å². The zero-order valence-corrected chi connectivity index (χ0v) is 23.4. The van der Waals surface area contributed by atoms with Crippen LogP contribution in [0.2, 0.25) is 0 Å². The van der Waals surface area contributed by atoms with Crippen LogP contribution in [-0.2, 0) is 5.41 Å². The molecule has 7 aromatic carbocycles. The fraction of sp³-hybridized carbons (Fsp3) is 0.0244. The van der Waals surface area contributed by atoms with E-state index in [2.05, 4.69) is 169 Å². The van der Waals surface area contributed by atoms with Crippen LogP contribution in [0.4, 0.5) is 17.1 Å². The molecule has 7 aromatic rings. The van der Waals surface area contributed by atoms with Gasteiger partial charge in [-0.3, -0.25) is 0 Å². The van der Waals surface area contributed by atoms with E-state index in [1.54, 1.807) is 0 Å². The fourth-order valence-corrected chi connectivity index (χ4v) is 7.36. The molecule has 0 unspecified atom stereocenters. The third-order valence-electron chi connectivity index (χ3n) is 9.10. The number of hydrogen-bond donors (Lipinski definition) is 0. The molecule has 0 saturated carbocycles. The van der Waals surface area contributed by atoms with Gasteiger partial charge in [0.2, 0.25) is 0 Å². The number of hydrogen-bond acceptors (Lipinski definition) is 2. The van der Waals surface area contributed by atoms with Gasteiger partial charge in [0, 0.05) is 33.6 Å². The van der Waals surface area contributed by atoms with Crippen molar-refractivity contribution in [1.82, 2.24) is 0 Å². The van der Waals surface area contributed by atoms with Gasteiger partial charge in [-0.25, -0.2) is 0 Å². The molecule has 0 fully saturated rings. The maximum absolute atomic E-state index is 6.94. The van der Waals surface area contributed by atoms with E-state index in [-0.39, 0.29) is 0 Å². The highest BCUT2D eigenvalue weighted by atomic mass is 16.5. The van der Waals surface area contributed by atoms with Crippen molar-refractivity contribution >= 4 is 27.8 Å². The van der Waals surface area contributed by atoms with Crippen molar-refractivity contribution in [3.8, 4) is 22.6 Å². The van der Waals surface area contributed by atoms with Crippen LogP contribution >= 0.6 is 0 Å². The Morgan fingerprint density at radius 3 is 1.67 bits per heavy atom. The minimum absolute atomic E-state index is 0.533. The Labute approximate surface area is 251 Å². The molecule has 0 atom stereocenters. The maximum atomic E-state index is 6.94. The van der Waals surface area contributed by atoms with Crippen molar-refractivity contribution in [3.05, 3.63) is 186 Å². The Balaban J connectivity index is 1.39. The summed E-state index contributed by atoms with van der Waals surface area (Å²) in [5, 5.41) is 2.31. The first-order valence-corrected chi connectivity index (χ1v) is 14.8. The molecule has 9 rings (SSSR count). The smallest absolute Gasteiger partial charge is 0.140 e. The van der Waals surface area contributed by atoms with Gasteiger partial charge in [0.15, 0.2) is 0 Å². The fourth-order valence-electron chi connectivity index (χ4n) is 7.36. The molecule has 0 N–H and O–H groups in total. The van der Waals surface area contributed by atoms with Gasteiger partial charge >= 0.3 is 0 Å². The number of ether oxygens (including phenoxy) is 1. The van der Waals surface area contributed by atoms with Gasteiger partial charge in [0.1, 0.15) is 11.5 Å². The lowest BCUT2D eigenvalue weighted by atomic mass is 9.65. The largest absolute Gasteiger partial charge is 0.456 e. The summed E-state index contributed by atoms with van der Waals surface area (Å²) in [6.45, 7) is 0. The lowest BCUT2D eigenvalue weighted by Gasteiger charge is -2.40. The molecule has 0 aromatic heterocycles. The van der Waals surface area contributed by atoms with Crippen LogP contribution in [0.25, 0.3) is 21.9 Å². The number of nitrogens with zero attached hydrogens (tertiary/aromatic N) is 1. The minimum Gasteiger partial charge on any atom is -0.456 e. The van der Waals surface area contributed by atoms with Crippen LogP contribution in [0, 0.1) is 0 Å². The molecule has 0 saturated heterocycles. The van der Waals surface area contributed by atoms with Gasteiger partial charge in [-0.15, -0.1) is 0 Å². The predicted octanol–water partition coefficient (Wildman–Crippen LogP) is 10.8. The van der Waals surface area contributed by atoms with Gasteiger partial charge in [0.25, 0.3) is 0 Å². The van der Waals surface area contributed by atoms with E-state index in [1.165, 1.54) is 33.2 Å². The van der Waals surface area contributed by atoms with Gasteiger partial charge in [-0.1, -0.05) is 121 Å². The summed E-state index contributed by atoms with van der Waals surface area (Å²) in [4.78, 5) is 2.33. The number of rotatable bonds is 3. The Morgan fingerprint density at radius 2 is 1.00 bits per heavy atom. The van der Waals surface area contributed by atoms with E-state index in [1.807, 2.05) is 0 Å². The van der Waals surface area contributed by atoms with Gasteiger partial charge in [-0.2, -0.15) is 0 Å². The molecule has 2 heteroatoms. The Bertz CT molecular complexity index is 2080. The van der Waals surface area contributed by atoms with Crippen LogP contribution in [-0.4, -0.2) is 0 Å². The maximum Gasteiger partial charge on any atom is 0.140 e. The number of anilines is 3. The number of para-hydroxylation sites is 2. The first-order chi connectivity index (χ1) is 21.3. The summed E-state index contributed by atoms with van der Waals surface area (Å²) in [6, 6.07) is 58.8. The summed E-state index contributed by atoms with van der Waals surface area (Å²) >= 11 is 0. The van der Waals surface area contributed by atoms with E-state index < -0.39 is 5.41 Å². The Morgan fingerprint density at radius 1 is 0.419 bits per heavy atom. The SMILES string of the molecule is c1ccc(N(c2ccccc2)c2ccc3c(c2)C2(c4ccccc4-c4ccccc42)c2ccc4ccccc4c2O3)cc1. The second kappa shape index (κ2) is 9.20. The third kappa shape index (κ3) is 3.35. The standard InChI is InChI=1S/C41H27NO/c1-3-14-29(15-4-1)42(30-16-5-2-6-17-30)31-24-26-39-38(27-31)41(37-25-23-28-13-7-8-18-32(28)40(37)43-39)35-21-11-9-19-33(35)34-20-10-12-22-36(34)41/h1-27H. The van der Waals surface area contributed by atoms with Crippen molar-refractivity contribution < 1.29 is 4.74 Å². The van der Waals surface area contributed by atoms with Gasteiger partial charge in [0.05, 0.1) is 5.41 Å². The zero-order valence-electron chi connectivity index (χ0n) is 23.4. The second-order valence-corrected chi connectivity index (χ2v) is 11.3. The van der Waals surface area contributed by atoms with Crippen LogP contribution in [0.1, 0.15) is 22.3 Å². The molecule has 1 aliphatic heterocycles. The summed E-state index contributed by atoms with van der Waals surface area (Å²) in [7, 11) is 0. The highest BCUT2D eigenvalue weighted by Gasteiger charge is 2.51. The summed E-state index contributed by atoms with van der Waals surface area (Å²) in [5.41, 5.74) is 10.2. The third-order valence-corrected chi connectivity index (χ3v) is 9.10.